The summed E-state index contributed by atoms with van der Waals surface area (Å²) in [6, 6.07) is 10.6. The van der Waals surface area contributed by atoms with Gasteiger partial charge in [0.2, 0.25) is 0 Å². The zero-order chi connectivity index (χ0) is 12.7. The van der Waals surface area contributed by atoms with Gasteiger partial charge in [0, 0.05) is 19.5 Å². The van der Waals surface area contributed by atoms with Crippen molar-refractivity contribution < 1.29 is 9.15 Å². The van der Waals surface area contributed by atoms with Crippen molar-refractivity contribution in [2.45, 2.75) is 0 Å². The number of hydrogen-bond acceptors (Lipinski definition) is 4. The van der Waals surface area contributed by atoms with Crippen LogP contribution >= 0.6 is 0 Å². The van der Waals surface area contributed by atoms with Gasteiger partial charge < -0.3 is 14.1 Å². The van der Waals surface area contributed by atoms with Crippen molar-refractivity contribution in [1.29, 1.82) is 0 Å². The molecular formula is C14H14N2O2. The van der Waals surface area contributed by atoms with E-state index in [0.717, 1.165) is 27.6 Å². The van der Waals surface area contributed by atoms with Crippen LogP contribution in [0, 0.1) is 0 Å². The maximum absolute atomic E-state index is 5.80. The minimum atomic E-state index is 0.611. The van der Waals surface area contributed by atoms with Crippen LogP contribution in [0.4, 0.5) is 6.01 Å². The largest absolute Gasteiger partial charge is 0.497 e. The molecule has 3 rings (SSSR count). The molecule has 0 spiro atoms. The maximum atomic E-state index is 5.80. The standard InChI is InChI=1S/C14H14N2O2/c1-16(2)14-15-12-7-5-9-4-6-10(17-3)8-11(9)13(12)18-14/h4-8H,1-3H3. The second-order valence-electron chi connectivity index (χ2n) is 4.39. The van der Waals surface area contributed by atoms with Crippen LogP contribution in [0.5, 0.6) is 5.75 Å². The Kier molecular flexibility index (Phi) is 2.37. The van der Waals surface area contributed by atoms with E-state index in [-0.39, 0.29) is 0 Å². The Balaban J connectivity index is 2.35. The van der Waals surface area contributed by atoms with Crippen molar-refractivity contribution in [3.63, 3.8) is 0 Å². The Morgan fingerprint density at radius 3 is 2.67 bits per heavy atom. The number of fused-ring (bicyclic) bond motifs is 3. The average Bonchev–Trinajstić information content (AvgIpc) is 2.82. The lowest BCUT2D eigenvalue weighted by molar-refractivity contribution is 0.415. The summed E-state index contributed by atoms with van der Waals surface area (Å²) < 4.78 is 11.1. The molecule has 0 aliphatic heterocycles. The van der Waals surface area contributed by atoms with Gasteiger partial charge in [-0.05, 0) is 23.6 Å². The van der Waals surface area contributed by atoms with Crippen molar-refractivity contribution >= 4 is 27.9 Å². The van der Waals surface area contributed by atoms with E-state index in [0.29, 0.717) is 6.01 Å². The molecule has 0 saturated carbocycles. The fraction of sp³-hybridized carbons (Fsp3) is 0.214. The quantitative estimate of drug-likeness (QED) is 0.692. The first kappa shape index (κ1) is 10.9. The van der Waals surface area contributed by atoms with Crippen LogP contribution in [0.2, 0.25) is 0 Å². The van der Waals surface area contributed by atoms with Gasteiger partial charge in [0.05, 0.1) is 7.11 Å². The lowest BCUT2D eigenvalue weighted by Gasteiger charge is -2.04. The summed E-state index contributed by atoms with van der Waals surface area (Å²) in [6.45, 7) is 0. The minimum Gasteiger partial charge on any atom is -0.497 e. The third kappa shape index (κ3) is 1.57. The van der Waals surface area contributed by atoms with Crippen LogP contribution in [0.3, 0.4) is 0 Å². The molecular weight excluding hydrogens is 228 g/mol. The van der Waals surface area contributed by atoms with Crippen molar-refractivity contribution in [1.82, 2.24) is 4.98 Å². The van der Waals surface area contributed by atoms with E-state index in [2.05, 4.69) is 4.98 Å². The van der Waals surface area contributed by atoms with Crippen LogP contribution in [-0.4, -0.2) is 26.2 Å². The SMILES string of the molecule is COc1ccc2ccc3nc(N(C)C)oc3c2c1. The second kappa shape index (κ2) is 3.91. The van der Waals surface area contributed by atoms with Gasteiger partial charge in [-0.1, -0.05) is 12.1 Å². The lowest BCUT2D eigenvalue weighted by atomic mass is 10.1. The molecule has 2 aromatic carbocycles. The molecule has 0 atom stereocenters. The summed E-state index contributed by atoms with van der Waals surface area (Å²) in [5.74, 6) is 0.817. The molecule has 0 bridgehead atoms. The smallest absolute Gasteiger partial charge is 0.297 e. The van der Waals surface area contributed by atoms with E-state index in [1.165, 1.54) is 0 Å². The van der Waals surface area contributed by atoms with Gasteiger partial charge in [-0.15, -0.1) is 0 Å². The normalized spacial score (nSPS) is 11.1. The molecule has 0 radical (unpaired) electrons. The van der Waals surface area contributed by atoms with Gasteiger partial charge in [-0.2, -0.15) is 4.98 Å². The van der Waals surface area contributed by atoms with Crippen LogP contribution in [-0.2, 0) is 0 Å². The molecule has 0 fully saturated rings. The molecule has 0 saturated heterocycles. The number of ether oxygens (including phenoxy) is 1. The van der Waals surface area contributed by atoms with Gasteiger partial charge >= 0.3 is 0 Å². The molecule has 1 heterocycles. The summed E-state index contributed by atoms with van der Waals surface area (Å²) in [5, 5.41) is 2.14. The first-order chi connectivity index (χ1) is 8.69. The number of methoxy groups -OCH3 is 1. The number of oxazole rings is 1. The van der Waals surface area contributed by atoms with E-state index >= 15 is 0 Å². The highest BCUT2D eigenvalue weighted by Crippen LogP contribution is 2.30. The molecule has 1 aromatic heterocycles. The molecule has 4 nitrogen and oxygen atoms in total. The fourth-order valence-corrected chi connectivity index (χ4v) is 1.99. The van der Waals surface area contributed by atoms with Crippen molar-refractivity contribution in [3.05, 3.63) is 30.3 Å². The van der Waals surface area contributed by atoms with E-state index < -0.39 is 0 Å². The minimum absolute atomic E-state index is 0.611. The summed E-state index contributed by atoms with van der Waals surface area (Å²) in [5.41, 5.74) is 1.66. The number of benzene rings is 2. The van der Waals surface area contributed by atoms with Gasteiger partial charge in [0.15, 0.2) is 5.58 Å². The number of rotatable bonds is 2. The average molecular weight is 242 g/mol. The Hall–Kier alpha value is -2.23. The summed E-state index contributed by atoms with van der Waals surface area (Å²) in [7, 11) is 5.48. The number of anilines is 1. The number of nitrogens with zero attached hydrogens (tertiary/aromatic N) is 2. The van der Waals surface area contributed by atoms with Gasteiger partial charge in [-0.3, -0.25) is 0 Å². The van der Waals surface area contributed by atoms with Gasteiger partial charge in [-0.25, -0.2) is 0 Å². The molecule has 0 aliphatic rings. The van der Waals surface area contributed by atoms with E-state index in [9.17, 15) is 0 Å². The Morgan fingerprint density at radius 1 is 1.17 bits per heavy atom. The second-order valence-corrected chi connectivity index (χ2v) is 4.39. The zero-order valence-electron chi connectivity index (χ0n) is 10.6. The molecule has 0 aliphatic carbocycles. The highest BCUT2D eigenvalue weighted by Gasteiger charge is 2.11. The monoisotopic (exact) mass is 242 g/mol. The third-order valence-corrected chi connectivity index (χ3v) is 2.95. The number of hydrogen-bond donors (Lipinski definition) is 0. The van der Waals surface area contributed by atoms with Crippen molar-refractivity contribution in [2.75, 3.05) is 26.1 Å². The highest BCUT2D eigenvalue weighted by molar-refractivity contribution is 6.03. The van der Waals surface area contributed by atoms with Gasteiger partial charge in [0.1, 0.15) is 11.3 Å². The first-order valence-electron chi connectivity index (χ1n) is 5.73. The lowest BCUT2D eigenvalue weighted by Crippen LogP contribution is -2.08. The summed E-state index contributed by atoms with van der Waals surface area (Å²) in [4.78, 5) is 6.29. The Morgan fingerprint density at radius 2 is 1.94 bits per heavy atom. The molecule has 0 N–H and O–H groups in total. The van der Waals surface area contributed by atoms with Crippen LogP contribution < -0.4 is 9.64 Å². The molecule has 18 heavy (non-hydrogen) atoms. The molecule has 92 valence electrons. The zero-order valence-corrected chi connectivity index (χ0v) is 10.6. The topological polar surface area (TPSA) is 38.5 Å². The van der Waals surface area contributed by atoms with Crippen LogP contribution in [0.1, 0.15) is 0 Å². The molecule has 4 heteroatoms. The number of aromatic nitrogens is 1. The molecule has 0 amide bonds. The first-order valence-corrected chi connectivity index (χ1v) is 5.73. The van der Waals surface area contributed by atoms with E-state index in [4.69, 9.17) is 9.15 Å². The van der Waals surface area contributed by atoms with E-state index in [1.807, 2.05) is 49.3 Å². The molecule has 3 aromatic rings. The predicted molar refractivity (Wildman–Crippen MR) is 72.4 cm³/mol. The maximum Gasteiger partial charge on any atom is 0.297 e. The summed E-state index contributed by atoms with van der Waals surface area (Å²) in [6.07, 6.45) is 0. The van der Waals surface area contributed by atoms with E-state index in [1.54, 1.807) is 7.11 Å². The predicted octanol–water partition coefficient (Wildman–Crippen LogP) is 3.06. The van der Waals surface area contributed by atoms with Crippen LogP contribution in [0.25, 0.3) is 21.9 Å². The van der Waals surface area contributed by atoms with Gasteiger partial charge in [0.25, 0.3) is 6.01 Å². The highest BCUT2D eigenvalue weighted by atomic mass is 16.5. The summed E-state index contributed by atoms with van der Waals surface area (Å²) >= 11 is 0. The Labute approximate surface area is 105 Å². The molecule has 0 unspecified atom stereocenters. The van der Waals surface area contributed by atoms with Crippen LogP contribution in [0.15, 0.2) is 34.7 Å². The Bertz CT molecular complexity index is 716. The third-order valence-electron chi connectivity index (χ3n) is 2.95. The van der Waals surface area contributed by atoms with Crippen molar-refractivity contribution in [3.8, 4) is 5.75 Å². The van der Waals surface area contributed by atoms with Crippen molar-refractivity contribution in [2.24, 2.45) is 0 Å². The fourth-order valence-electron chi connectivity index (χ4n) is 1.99.